The number of hydrogen-bond acceptors (Lipinski definition) is 3. The number of anilines is 1. The van der Waals surface area contributed by atoms with Crippen molar-refractivity contribution in [2.75, 3.05) is 33.0 Å². The minimum Gasteiger partial charge on any atom is -0.352 e. The molecule has 2 aromatic rings. The van der Waals surface area contributed by atoms with Gasteiger partial charge in [-0.25, -0.2) is 0 Å². The standard InChI is InChI=1S/C21H29N5O.HI/c1-16(18-10-6-5-7-11-18)24-21(22-2)23-14-17-9-8-12-19(13-17)25-20(27)15-26(3)4;/h5-13,16H,14-15H2,1-4H3,(H,25,27)(H2,22,23,24);1H. The van der Waals surface area contributed by atoms with E-state index in [-0.39, 0.29) is 35.9 Å². The second-order valence-electron chi connectivity index (χ2n) is 6.69. The molecule has 28 heavy (non-hydrogen) atoms. The number of rotatable bonds is 7. The molecule has 1 amide bonds. The molecular formula is C21H30IN5O. The Balaban J connectivity index is 0.00000392. The maximum Gasteiger partial charge on any atom is 0.238 e. The van der Waals surface area contributed by atoms with E-state index in [1.165, 1.54) is 5.56 Å². The maximum atomic E-state index is 11.9. The molecule has 7 heteroatoms. The van der Waals surface area contributed by atoms with Crippen molar-refractivity contribution in [1.82, 2.24) is 15.5 Å². The first-order valence-electron chi connectivity index (χ1n) is 9.03. The van der Waals surface area contributed by atoms with Gasteiger partial charge in [0.25, 0.3) is 0 Å². The smallest absolute Gasteiger partial charge is 0.238 e. The number of amides is 1. The minimum absolute atomic E-state index is 0. The number of nitrogens with zero attached hydrogens (tertiary/aromatic N) is 2. The van der Waals surface area contributed by atoms with Gasteiger partial charge >= 0.3 is 0 Å². The molecular weight excluding hydrogens is 465 g/mol. The number of likely N-dealkylation sites (N-methyl/N-ethyl adjacent to an activating group) is 1. The normalized spacial score (nSPS) is 12.1. The summed E-state index contributed by atoms with van der Waals surface area (Å²) in [4.78, 5) is 18.0. The number of nitrogens with one attached hydrogen (secondary N) is 3. The van der Waals surface area contributed by atoms with Gasteiger partial charge in [-0.1, -0.05) is 42.5 Å². The lowest BCUT2D eigenvalue weighted by Gasteiger charge is -2.18. The van der Waals surface area contributed by atoms with E-state index in [1.807, 2.05) is 61.5 Å². The van der Waals surface area contributed by atoms with Crippen molar-refractivity contribution >= 4 is 41.5 Å². The third-order valence-corrected chi connectivity index (χ3v) is 4.01. The van der Waals surface area contributed by atoms with Crippen LogP contribution in [-0.4, -0.2) is 44.5 Å². The van der Waals surface area contributed by atoms with E-state index in [1.54, 1.807) is 7.05 Å². The van der Waals surface area contributed by atoms with Gasteiger partial charge in [-0.3, -0.25) is 9.79 Å². The molecule has 1 unspecified atom stereocenters. The zero-order valence-electron chi connectivity index (χ0n) is 16.9. The maximum absolute atomic E-state index is 11.9. The van der Waals surface area contributed by atoms with E-state index in [0.29, 0.717) is 13.1 Å². The Kier molecular flexibility index (Phi) is 10.5. The van der Waals surface area contributed by atoms with Crippen LogP contribution in [0.3, 0.4) is 0 Å². The van der Waals surface area contributed by atoms with E-state index >= 15 is 0 Å². The number of halogens is 1. The summed E-state index contributed by atoms with van der Waals surface area (Å²) in [6.45, 7) is 3.07. The van der Waals surface area contributed by atoms with Crippen LogP contribution in [0.15, 0.2) is 59.6 Å². The van der Waals surface area contributed by atoms with Crippen LogP contribution >= 0.6 is 24.0 Å². The molecule has 152 valence electrons. The molecule has 0 aliphatic heterocycles. The van der Waals surface area contributed by atoms with Crippen LogP contribution in [0, 0.1) is 0 Å². The molecule has 0 saturated carbocycles. The number of benzene rings is 2. The number of carbonyl (C=O) groups excluding carboxylic acids is 1. The topological polar surface area (TPSA) is 68.8 Å². The molecule has 0 aliphatic rings. The van der Waals surface area contributed by atoms with E-state index in [9.17, 15) is 4.79 Å². The summed E-state index contributed by atoms with van der Waals surface area (Å²) >= 11 is 0. The fraction of sp³-hybridized carbons (Fsp3) is 0.333. The highest BCUT2D eigenvalue weighted by molar-refractivity contribution is 14.0. The first-order valence-corrected chi connectivity index (χ1v) is 9.03. The Morgan fingerprint density at radius 2 is 1.82 bits per heavy atom. The Morgan fingerprint density at radius 3 is 2.46 bits per heavy atom. The molecule has 6 nitrogen and oxygen atoms in total. The van der Waals surface area contributed by atoms with E-state index in [0.717, 1.165) is 17.2 Å². The van der Waals surface area contributed by atoms with Gasteiger partial charge in [0.1, 0.15) is 0 Å². The van der Waals surface area contributed by atoms with Gasteiger partial charge in [0.2, 0.25) is 5.91 Å². The quantitative estimate of drug-likeness (QED) is 0.314. The van der Waals surface area contributed by atoms with Gasteiger partial charge in [-0.05, 0) is 44.3 Å². The van der Waals surface area contributed by atoms with Crippen molar-refractivity contribution < 1.29 is 4.79 Å². The van der Waals surface area contributed by atoms with Crippen LogP contribution in [0.4, 0.5) is 5.69 Å². The molecule has 3 N–H and O–H groups in total. The van der Waals surface area contributed by atoms with Gasteiger partial charge in [0, 0.05) is 19.3 Å². The third kappa shape index (κ3) is 8.26. The average molecular weight is 495 g/mol. The van der Waals surface area contributed by atoms with Gasteiger partial charge in [-0.2, -0.15) is 0 Å². The van der Waals surface area contributed by atoms with Gasteiger partial charge in [0.15, 0.2) is 5.96 Å². The first-order chi connectivity index (χ1) is 13.0. The molecule has 2 rings (SSSR count). The second kappa shape index (κ2) is 12.4. The van der Waals surface area contributed by atoms with Crippen LogP contribution in [-0.2, 0) is 11.3 Å². The molecule has 0 aromatic heterocycles. The van der Waals surface area contributed by atoms with Crippen LogP contribution in [0.2, 0.25) is 0 Å². The van der Waals surface area contributed by atoms with Crippen molar-refractivity contribution in [1.29, 1.82) is 0 Å². The lowest BCUT2D eigenvalue weighted by molar-refractivity contribution is -0.116. The predicted molar refractivity (Wildman–Crippen MR) is 127 cm³/mol. The zero-order chi connectivity index (χ0) is 19.6. The van der Waals surface area contributed by atoms with Crippen molar-refractivity contribution in [2.24, 2.45) is 4.99 Å². The summed E-state index contributed by atoms with van der Waals surface area (Å²) in [6, 6.07) is 18.2. The Hall–Kier alpha value is -2.13. The molecule has 2 aromatic carbocycles. The lowest BCUT2D eigenvalue weighted by Crippen LogP contribution is -2.38. The Morgan fingerprint density at radius 1 is 1.11 bits per heavy atom. The minimum atomic E-state index is -0.0285. The Bertz CT molecular complexity index is 764. The van der Waals surface area contributed by atoms with E-state index in [4.69, 9.17) is 0 Å². The van der Waals surface area contributed by atoms with Crippen LogP contribution < -0.4 is 16.0 Å². The van der Waals surface area contributed by atoms with Crippen LogP contribution in [0.1, 0.15) is 24.1 Å². The van der Waals surface area contributed by atoms with Crippen LogP contribution in [0.5, 0.6) is 0 Å². The van der Waals surface area contributed by atoms with E-state index < -0.39 is 0 Å². The van der Waals surface area contributed by atoms with Crippen molar-refractivity contribution in [2.45, 2.75) is 19.5 Å². The predicted octanol–water partition coefficient (Wildman–Crippen LogP) is 3.23. The molecule has 0 saturated heterocycles. The van der Waals surface area contributed by atoms with E-state index in [2.05, 4.69) is 40.0 Å². The molecule has 1 atom stereocenters. The molecule has 0 radical (unpaired) electrons. The molecule has 0 fully saturated rings. The number of hydrogen-bond donors (Lipinski definition) is 3. The average Bonchev–Trinajstić information content (AvgIpc) is 2.65. The highest BCUT2D eigenvalue weighted by Gasteiger charge is 2.08. The largest absolute Gasteiger partial charge is 0.352 e. The summed E-state index contributed by atoms with van der Waals surface area (Å²) in [5, 5.41) is 9.62. The number of aliphatic imine (C=N–C) groups is 1. The van der Waals surface area contributed by atoms with Gasteiger partial charge in [0.05, 0.1) is 12.6 Å². The third-order valence-electron chi connectivity index (χ3n) is 4.01. The number of carbonyl (C=O) groups is 1. The number of guanidine groups is 1. The lowest BCUT2D eigenvalue weighted by atomic mass is 10.1. The molecule has 0 aliphatic carbocycles. The highest BCUT2D eigenvalue weighted by atomic mass is 127. The molecule has 0 heterocycles. The van der Waals surface area contributed by atoms with Crippen molar-refractivity contribution in [3.8, 4) is 0 Å². The SMILES string of the molecule is CN=C(NCc1cccc(NC(=O)CN(C)C)c1)NC(C)c1ccccc1.I. The zero-order valence-corrected chi connectivity index (χ0v) is 19.2. The summed E-state index contributed by atoms with van der Waals surface area (Å²) < 4.78 is 0. The molecule has 0 spiro atoms. The van der Waals surface area contributed by atoms with Crippen molar-refractivity contribution in [3.63, 3.8) is 0 Å². The molecule has 0 bridgehead atoms. The summed E-state index contributed by atoms with van der Waals surface area (Å²) in [5.74, 6) is 0.702. The first kappa shape index (κ1) is 23.9. The van der Waals surface area contributed by atoms with Crippen LogP contribution in [0.25, 0.3) is 0 Å². The summed E-state index contributed by atoms with van der Waals surface area (Å²) in [7, 11) is 5.49. The fourth-order valence-electron chi connectivity index (χ4n) is 2.66. The second-order valence-corrected chi connectivity index (χ2v) is 6.69. The highest BCUT2D eigenvalue weighted by Crippen LogP contribution is 2.12. The van der Waals surface area contributed by atoms with Crippen molar-refractivity contribution in [3.05, 3.63) is 65.7 Å². The van der Waals surface area contributed by atoms with Gasteiger partial charge < -0.3 is 20.9 Å². The Labute approximate surface area is 184 Å². The summed E-state index contributed by atoms with van der Waals surface area (Å²) in [5.41, 5.74) is 3.06. The fourth-order valence-corrected chi connectivity index (χ4v) is 2.66. The monoisotopic (exact) mass is 495 g/mol. The summed E-state index contributed by atoms with van der Waals surface area (Å²) in [6.07, 6.45) is 0. The van der Waals surface area contributed by atoms with Gasteiger partial charge in [-0.15, -0.1) is 24.0 Å².